The van der Waals surface area contributed by atoms with Gasteiger partial charge >= 0.3 is 5.97 Å². The summed E-state index contributed by atoms with van der Waals surface area (Å²) < 4.78 is 14.6. The molecule has 1 atom stereocenters. The maximum atomic E-state index is 13.9. The molecule has 0 aromatic heterocycles. The summed E-state index contributed by atoms with van der Waals surface area (Å²) in [5, 5.41) is 9.12. The topological polar surface area (TPSA) is 37.3 Å². The zero-order valence-corrected chi connectivity index (χ0v) is 11.0. The molecule has 0 spiro atoms. The molecule has 0 saturated heterocycles. The van der Waals surface area contributed by atoms with Gasteiger partial charge in [-0.25, -0.2) is 4.39 Å². The Morgan fingerprint density at radius 2 is 2.00 bits per heavy atom. The lowest BCUT2D eigenvalue weighted by molar-refractivity contribution is -0.139. The molecule has 1 rings (SSSR count). The van der Waals surface area contributed by atoms with Crippen molar-refractivity contribution in [3.63, 3.8) is 0 Å². The monoisotopic (exact) mass is 288 g/mol. The maximum Gasteiger partial charge on any atom is 0.311 e. The van der Waals surface area contributed by atoms with Crippen molar-refractivity contribution >= 4 is 21.9 Å². The molecule has 0 radical (unpaired) electrons. The van der Waals surface area contributed by atoms with Crippen LogP contribution < -0.4 is 0 Å². The first-order valence-electron chi connectivity index (χ1n) is 5.03. The molecule has 0 bridgehead atoms. The van der Waals surface area contributed by atoms with Crippen molar-refractivity contribution in [1.29, 1.82) is 0 Å². The molecule has 1 aromatic carbocycles. The van der Waals surface area contributed by atoms with E-state index < -0.39 is 17.7 Å². The standard InChI is InChI=1S/C12H14BrFO2/c1-6(2)10(12(15)16)9-5-8(13)4-7(3)11(9)14/h4-6,10H,1-3H3,(H,15,16). The predicted octanol–water partition coefficient (Wildman–Crippen LogP) is 3.72. The lowest BCUT2D eigenvalue weighted by atomic mass is 9.87. The van der Waals surface area contributed by atoms with Crippen LogP contribution in [0.4, 0.5) is 4.39 Å². The van der Waals surface area contributed by atoms with E-state index in [9.17, 15) is 9.18 Å². The summed E-state index contributed by atoms with van der Waals surface area (Å²) in [4.78, 5) is 11.1. The zero-order chi connectivity index (χ0) is 12.5. The van der Waals surface area contributed by atoms with Gasteiger partial charge in [0.05, 0.1) is 5.92 Å². The van der Waals surface area contributed by atoms with E-state index in [2.05, 4.69) is 15.9 Å². The number of aryl methyl sites for hydroxylation is 1. The van der Waals surface area contributed by atoms with Crippen LogP contribution in [-0.2, 0) is 4.79 Å². The molecule has 0 saturated carbocycles. The molecule has 2 nitrogen and oxygen atoms in total. The second kappa shape index (κ2) is 4.95. The molecule has 1 aromatic rings. The quantitative estimate of drug-likeness (QED) is 0.920. The highest BCUT2D eigenvalue weighted by Crippen LogP contribution is 2.31. The number of aliphatic carboxylic acids is 1. The predicted molar refractivity (Wildman–Crippen MR) is 64.1 cm³/mol. The van der Waals surface area contributed by atoms with Crippen molar-refractivity contribution < 1.29 is 14.3 Å². The average Bonchev–Trinajstić information content (AvgIpc) is 2.12. The Kier molecular flexibility index (Phi) is 4.08. The van der Waals surface area contributed by atoms with Gasteiger partial charge in [-0.3, -0.25) is 4.79 Å². The highest BCUT2D eigenvalue weighted by Gasteiger charge is 2.27. The van der Waals surface area contributed by atoms with Crippen LogP contribution in [0.25, 0.3) is 0 Å². The number of benzene rings is 1. The minimum absolute atomic E-state index is 0.152. The van der Waals surface area contributed by atoms with Gasteiger partial charge in [0.15, 0.2) is 0 Å². The second-order valence-electron chi connectivity index (χ2n) is 4.19. The first kappa shape index (κ1) is 13.2. The lowest BCUT2D eigenvalue weighted by Gasteiger charge is -2.18. The molecular formula is C12H14BrFO2. The zero-order valence-electron chi connectivity index (χ0n) is 9.42. The van der Waals surface area contributed by atoms with Crippen molar-refractivity contribution in [1.82, 2.24) is 0 Å². The summed E-state index contributed by atoms with van der Waals surface area (Å²) in [5.41, 5.74) is 0.700. The number of carbonyl (C=O) groups is 1. The first-order valence-corrected chi connectivity index (χ1v) is 5.82. The Balaban J connectivity index is 3.34. The summed E-state index contributed by atoms with van der Waals surface area (Å²) in [7, 11) is 0. The normalized spacial score (nSPS) is 12.9. The molecule has 1 N–H and O–H groups in total. The van der Waals surface area contributed by atoms with Gasteiger partial charge in [0.1, 0.15) is 5.82 Å². The van der Waals surface area contributed by atoms with Crippen LogP contribution in [0.3, 0.4) is 0 Å². The number of carboxylic acid groups (broad SMARTS) is 1. The molecule has 0 aliphatic heterocycles. The van der Waals surface area contributed by atoms with Gasteiger partial charge in [-0.2, -0.15) is 0 Å². The average molecular weight is 289 g/mol. The third kappa shape index (κ3) is 2.61. The summed E-state index contributed by atoms with van der Waals surface area (Å²) >= 11 is 3.25. The fourth-order valence-corrected chi connectivity index (χ4v) is 2.35. The SMILES string of the molecule is Cc1cc(Br)cc(C(C(=O)O)C(C)C)c1F. The largest absolute Gasteiger partial charge is 0.481 e. The van der Waals surface area contributed by atoms with E-state index in [0.717, 1.165) is 0 Å². The van der Waals surface area contributed by atoms with E-state index in [4.69, 9.17) is 5.11 Å². The third-order valence-electron chi connectivity index (χ3n) is 2.52. The lowest BCUT2D eigenvalue weighted by Crippen LogP contribution is -2.19. The Morgan fingerprint density at radius 3 is 2.44 bits per heavy atom. The molecule has 16 heavy (non-hydrogen) atoms. The Morgan fingerprint density at radius 1 is 1.44 bits per heavy atom. The van der Waals surface area contributed by atoms with Crippen LogP contribution in [-0.4, -0.2) is 11.1 Å². The van der Waals surface area contributed by atoms with Crippen LogP contribution in [0.15, 0.2) is 16.6 Å². The van der Waals surface area contributed by atoms with Crippen LogP contribution in [0.5, 0.6) is 0 Å². The molecule has 0 heterocycles. The summed E-state index contributed by atoms with van der Waals surface area (Å²) in [6.45, 7) is 5.17. The minimum atomic E-state index is -0.994. The highest BCUT2D eigenvalue weighted by atomic mass is 79.9. The van der Waals surface area contributed by atoms with Crippen LogP contribution in [0.2, 0.25) is 0 Å². The molecule has 0 amide bonds. The first-order chi connectivity index (χ1) is 7.34. The maximum absolute atomic E-state index is 13.9. The van der Waals surface area contributed by atoms with Crippen molar-refractivity contribution in [2.75, 3.05) is 0 Å². The molecule has 0 fully saturated rings. The highest BCUT2D eigenvalue weighted by molar-refractivity contribution is 9.10. The van der Waals surface area contributed by atoms with Crippen molar-refractivity contribution in [2.45, 2.75) is 26.7 Å². The van der Waals surface area contributed by atoms with Gasteiger partial charge in [0, 0.05) is 10.0 Å². The fourth-order valence-electron chi connectivity index (χ4n) is 1.76. The van der Waals surface area contributed by atoms with Gasteiger partial charge in [-0.15, -0.1) is 0 Å². The molecular weight excluding hydrogens is 275 g/mol. The minimum Gasteiger partial charge on any atom is -0.481 e. The third-order valence-corrected chi connectivity index (χ3v) is 2.97. The summed E-state index contributed by atoms with van der Waals surface area (Å²) in [5.74, 6) is -2.38. The van der Waals surface area contributed by atoms with Gasteiger partial charge in [0.25, 0.3) is 0 Å². The van der Waals surface area contributed by atoms with Gasteiger partial charge < -0.3 is 5.11 Å². The van der Waals surface area contributed by atoms with Crippen LogP contribution >= 0.6 is 15.9 Å². The number of carboxylic acids is 1. The molecule has 4 heteroatoms. The molecule has 0 aliphatic carbocycles. The van der Waals surface area contributed by atoms with E-state index >= 15 is 0 Å². The van der Waals surface area contributed by atoms with Crippen molar-refractivity contribution in [3.8, 4) is 0 Å². The number of halogens is 2. The Labute approximate surface area is 103 Å². The van der Waals surface area contributed by atoms with Gasteiger partial charge in [-0.1, -0.05) is 29.8 Å². The Hall–Kier alpha value is -0.900. The van der Waals surface area contributed by atoms with Crippen molar-refractivity contribution in [3.05, 3.63) is 33.5 Å². The van der Waals surface area contributed by atoms with E-state index in [-0.39, 0.29) is 11.5 Å². The van der Waals surface area contributed by atoms with Crippen molar-refractivity contribution in [2.24, 2.45) is 5.92 Å². The summed E-state index contributed by atoms with van der Waals surface area (Å²) in [6.07, 6.45) is 0. The fraction of sp³-hybridized carbons (Fsp3) is 0.417. The molecule has 88 valence electrons. The smallest absolute Gasteiger partial charge is 0.311 e. The van der Waals surface area contributed by atoms with E-state index in [1.807, 2.05) is 0 Å². The molecule has 1 unspecified atom stereocenters. The molecule has 0 aliphatic rings. The van der Waals surface area contributed by atoms with E-state index in [0.29, 0.717) is 10.0 Å². The van der Waals surface area contributed by atoms with Crippen LogP contribution in [0.1, 0.15) is 30.9 Å². The second-order valence-corrected chi connectivity index (χ2v) is 5.10. The van der Waals surface area contributed by atoms with Gasteiger partial charge in [-0.05, 0) is 30.5 Å². The van der Waals surface area contributed by atoms with E-state index in [1.54, 1.807) is 32.9 Å². The Bertz CT molecular complexity index is 416. The summed E-state index contributed by atoms with van der Waals surface area (Å²) in [6, 6.07) is 3.18. The number of hydrogen-bond acceptors (Lipinski definition) is 1. The van der Waals surface area contributed by atoms with E-state index in [1.165, 1.54) is 0 Å². The van der Waals surface area contributed by atoms with Crippen LogP contribution in [0, 0.1) is 18.7 Å². The van der Waals surface area contributed by atoms with Gasteiger partial charge in [0.2, 0.25) is 0 Å². The number of rotatable bonds is 3. The number of hydrogen-bond donors (Lipinski definition) is 1.